The third-order valence-corrected chi connectivity index (χ3v) is 10.5. The van der Waals surface area contributed by atoms with Gasteiger partial charge in [-0.1, -0.05) is 36.4 Å². The van der Waals surface area contributed by atoms with E-state index >= 15 is 0 Å². The molecule has 5 heterocycles. The lowest BCUT2D eigenvalue weighted by molar-refractivity contribution is 0.140. The Labute approximate surface area is 293 Å². The van der Waals surface area contributed by atoms with E-state index in [2.05, 4.69) is 39.1 Å². The first-order valence-corrected chi connectivity index (χ1v) is 17.9. The lowest BCUT2D eigenvalue weighted by atomic mass is 9.83. The van der Waals surface area contributed by atoms with Crippen molar-refractivity contribution < 1.29 is 13.5 Å². The summed E-state index contributed by atoms with van der Waals surface area (Å²) in [5.74, 6) is -0.530. The van der Waals surface area contributed by atoms with Gasteiger partial charge in [-0.25, -0.2) is 28.1 Å². The van der Waals surface area contributed by atoms with Crippen LogP contribution in [0.5, 0.6) is 0 Å². The fraction of sp³-hybridized carbons (Fsp3) is 0.350. The lowest BCUT2D eigenvalue weighted by Gasteiger charge is -2.29. The molecule has 1 aliphatic carbocycles. The molecule has 11 heteroatoms. The smallest absolute Gasteiger partial charge is 0.337 e. The molecule has 6 aromatic rings. The van der Waals surface area contributed by atoms with Gasteiger partial charge in [-0.2, -0.15) is 0 Å². The quantitative estimate of drug-likeness (QED) is 0.176. The zero-order chi connectivity index (χ0) is 34.9. The van der Waals surface area contributed by atoms with Crippen molar-refractivity contribution in [2.75, 3.05) is 26.3 Å². The highest BCUT2D eigenvalue weighted by Crippen LogP contribution is 2.34. The second kappa shape index (κ2) is 14.3. The van der Waals surface area contributed by atoms with E-state index in [1.54, 1.807) is 10.5 Å². The molecule has 1 saturated carbocycles. The van der Waals surface area contributed by atoms with Crippen LogP contribution < -0.4 is 11.2 Å². The van der Waals surface area contributed by atoms with Crippen LogP contribution in [0.25, 0.3) is 33.5 Å². The standard InChI is InChI=1S/C40H40F2N6O3/c41-31-12-16-37-44-33(26-46(37)25-31)13-7-27-8-14-34(15-9-27)48-39(49)36-22-32(42)23-43-38(36)47(40(48)50)35-4-1-3-30(21-35)29-10-5-28(6-11-29)24-45-17-2-19-51-20-18-45/h1,3-6,10-12,16,21-23,25-27,34H,2,7-9,13-15,17-20,24H2. The Balaban J connectivity index is 1.04. The summed E-state index contributed by atoms with van der Waals surface area (Å²) in [5.41, 5.74) is 4.47. The summed E-state index contributed by atoms with van der Waals surface area (Å²) in [6.07, 6.45) is 10.0. The van der Waals surface area contributed by atoms with Gasteiger partial charge >= 0.3 is 5.69 Å². The van der Waals surface area contributed by atoms with Gasteiger partial charge in [0.15, 0.2) is 5.65 Å². The van der Waals surface area contributed by atoms with Gasteiger partial charge in [-0.3, -0.25) is 14.3 Å². The van der Waals surface area contributed by atoms with E-state index in [0.29, 0.717) is 30.1 Å². The Morgan fingerprint density at radius 2 is 1.69 bits per heavy atom. The number of rotatable bonds is 8. The van der Waals surface area contributed by atoms with Crippen LogP contribution in [0.1, 0.15) is 55.8 Å². The highest BCUT2D eigenvalue weighted by molar-refractivity contribution is 5.76. The number of aromatic nitrogens is 5. The number of benzene rings is 2. The molecule has 0 atom stereocenters. The molecule has 2 fully saturated rings. The van der Waals surface area contributed by atoms with Gasteiger partial charge in [0.25, 0.3) is 5.56 Å². The molecular formula is C40H40F2N6O3. The summed E-state index contributed by atoms with van der Waals surface area (Å²) in [5, 5.41) is 0.0775. The number of ether oxygens (including phenoxy) is 1. The van der Waals surface area contributed by atoms with Gasteiger partial charge in [0.05, 0.1) is 29.6 Å². The molecule has 8 rings (SSSR count). The number of hydrogen-bond donors (Lipinski definition) is 0. The predicted molar refractivity (Wildman–Crippen MR) is 192 cm³/mol. The molecule has 2 aliphatic rings. The van der Waals surface area contributed by atoms with Crippen LogP contribution in [-0.4, -0.2) is 54.7 Å². The van der Waals surface area contributed by atoms with Crippen molar-refractivity contribution in [3.05, 3.63) is 129 Å². The second-order valence-corrected chi connectivity index (χ2v) is 13.9. The van der Waals surface area contributed by atoms with Crippen molar-refractivity contribution in [3.63, 3.8) is 0 Å². The molecular weight excluding hydrogens is 650 g/mol. The van der Waals surface area contributed by atoms with Gasteiger partial charge in [0.2, 0.25) is 0 Å². The van der Waals surface area contributed by atoms with E-state index < -0.39 is 17.1 Å². The Kier molecular flexibility index (Phi) is 9.31. The number of halogens is 2. The second-order valence-electron chi connectivity index (χ2n) is 13.9. The topological polar surface area (TPSA) is 86.7 Å². The fourth-order valence-electron chi connectivity index (χ4n) is 7.76. The minimum Gasteiger partial charge on any atom is -0.380 e. The monoisotopic (exact) mass is 690 g/mol. The summed E-state index contributed by atoms with van der Waals surface area (Å²) in [6.45, 7) is 4.36. The molecule has 4 aromatic heterocycles. The van der Waals surface area contributed by atoms with E-state index in [-0.39, 0.29) is 22.9 Å². The summed E-state index contributed by atoms with van der Waals surface area (Å²) >= 11 is 0. The Morgan fingerprint density at radius 3 is 2.53 bits per heavy atom. The van der Waals surface area contributed by atoms with Crippen LogP contribution in [0.2, 0.25) is 0 Å². The molecule has 0 bridgehead atoms. The van der Waals surface area contributed by atoms with Crippen LogP contribution in [-0.2, 0) is 17.7 Å². The van der Waals surface area contributed by atoms with E-state index in [1.807, 2.05) is 30.5 Å². The normalized spacial score (nSPS) is 18.7. The summed E-state index contributed by atoms with van der Waals surface area (Å²) in [6, 6.07) is 20.0. The average molecular weight is 691 g/mol. The van der Waals surface area contributed by atoms with Crippen molar-refractivity contribution in [2.24, 2.45) is 5.92 Å². The van der Waals surface area contributed by atoms with Crippen LogP contribution >= 0.6 is 0 Å². The third kappa shape index (κ3) is 7.00. The molecule has 0 N–H and O–H groups in total. The minimum absolute atomic E-state index is 0.0775. The summed E-state index contributed by atoms with van der Waals surface area (Å²) < 4.78 is 38.3. The van der Waals surface area contributed by atoms with Gasteiger partial charge in [-0.15, -0.1) is 0 Å². The molecule has 1 aliphatic heterocycles. The number of pyridine rings is 2. The van der Waals surface area contributed by atoms with Crippen LogP contribution in [0.3, 0.4) is 0 Å². The Morgan fingerprint density at radius 1 is 0.843 bits per heavy atom. The van der Waals surface area contributed by atoms with Crippen LogP contribution in [0.4, 0.5) is 8.78 Å². The molecule has 0 unspecified atom stereocenters. The number of hydrogen-bond acceptors (Lipinski definition) is 6. The molecule has 1 saturated heterocycles. The maximum Gasteiger partial charge on any atom is 0.337 e. The number of aryl methyl sites for hydroxylation is 1. The number of nitrogens with zero attached hydrogens (tertiary/aromatic N) is 6. The maximum absolute atomic E-state index is 14.5. The van der Waals surface area contributed by atoms with Gasteiger partial charge in [0, 0.05) is 44.7 Å². The first-order chi connectivity index (χ1) is 24.9. The average Bonchev–Trinajstić information content (AvgIpc) is 3.37. The van der Waals surface area contributed by atoms with E-state index in [4.69, 9.17) is 4.74 Å². The summed E-state index contributed by atoms with van der Waals surface area (Å²) in [4.78, 5) is 39.5. The van der Waals surface area contributed by atoms with Crippen molar-refractivity contribution in [3.8, 4) is 16.8 Å². The van der Waals surface area contributed by atoms with E-state index in [0.717, 1.165) is 88.0 Å². The van der Waals surface area contributed by atoms with Gasteiger partial charge < -0.3 is 9.14 Å². The van der Waals surface area contributed by atoms with Gasteiger partial charge in [-0.05, 0) is 97.9 Å². The third-order valence-electron chi connectivity index (χ3n) is 10.5. The number of imidazole rings is 1. The number of fused-ring (bicyclic) bond motifs is 2. The molecule has 0 radical (unpaired) electrons. The van der Waals surface area contributed by atoms with Crippen LogP contribution in [0, 0.1) is 17.6 Å². The first kappa shape index (κ1) is 33.2. The summed E-state index contributed by atoms with van der Waals surface area (Å²) in [7, 11) is 0. The van der Waals surface area contributed by atoms with E-state index in [9.17, 15) is 18.4 Å². The predicted octanol–water partition coefficient (Wildman–Crippen LogP) is 6.73. The SMILES string of the molecule is O=c1c2cc(F)cnc2n(-c2cccc(-c3ccc(CN4CCCOCC4)cc3)c2)c(=O)n1C1CCC(CCc2cn3cc(F)ccc3n2)CC1. The van der Waals surface area contributed by atoms with Crippen molar-refractivity contribution in [1.82, 2.24) is 28.4 Å². The lowest BCUT2D eigenvalue weighted by Crippen LogP contribution is -2.43. The zero-order valence-electron chi connectivity index (χ0n) is 28.4. The van der Waals surface area contributed by atoms with Gasteiger partial charge in [0.1, 0.15) is 17.3 Å². The molecule has 262 valence electrons. The Hall–Kier alpha value is -5.00. The first-order valence-electron chi connectivity index (χ1n) is 17.9. The zero-order valence-corrected chi connectivity index (χ0v) is 28.4. The van der Waals surface area contributed by atoms with Crippen molar-refractivity contribution in [1.29, 1.82) is 0 Å². The Bertz CT molecular complexity index is 2300. The molecule has 2 aromatic carbocycles. The molecule has 51 heavy (non-hydrogen) atoms. The molecule has 0 amide bonds. The van der Waals surface area contributed by atoms with Crippen molar-refractivity contribution in [2.45, 2.75) is 57.5 Å². The fourth-order valence-corrected chi connectivity index (χ4v) is 7.76. The maximum atomic E-state index is 14.5. The van der Waals surface area contributed by atoms with Crippen LogP contribution in [0.15, 0.2) is 94.9 Å². The minimum atomic E-state index is -0.628. The molecule has 0 spiro atoms. The highest BCUT2D eigenvalue weighted by Gasteiger charge is 2.27. The molecule has 9 nitrogen and oxygen atoms in total. The van der Waals surface area contributed by atoms with E-state index in [1.165, 1.54) is 33.0 Å². The largest absolute Gasteiger partial charge is 0.380 e. The highest BCUT2D eigenvalue weighted by atomic mass is 19.1. The van der Waals surface area contributed by atoms with Crippen molar-refractivity contribution >= 4 is 16.7 Å².